The highest BCUT2D eigenvalue weighted by Gasteiger charge is 2.75. The van der Waals surface area contributed by atoms with Crippen LogP contribution in [-0.2, 0) is 16.0 Å². The van der Waals surface area contributed by atoms with Crippen molar-refractivity contribution in [1.29, 1.82) is 0 Å². The van der Waals surface area contributed by atoms with Crippen molar-refractivity contribution in [1.82, 2.24) is 9.88 Å². The average molecular weight is 513 g/mol. The molecule has 1 aromatic heterocycles. The molecule has 0 bridgehead atoms. The van der Waals surface area contributed by atoms with Crippen molar-refractivity contribution in [2.24, 2.45) is 17.1 Å². The highest BCUT2D eigenvalue weighted by molar-refractivity contribution is 7.71. The summed E-state index contributed by atoms with van der Waals surface area (Å²) >= 11 is 5.14. The Bertz CT molecular complexity index is 1570. The van der Waals surface area contributed by atoms with E-state index in [1.807, 2.05) is 25.1 Å². The molecular weight excluding hydrogens is 488 g/mol. The number of amides is 1. The number of likely N-dealkylation sites (N-methyl/N-ethyl adjacent to an activating group) is 1. The Balaban J connectivity index is 1.64. The van der Waals surface area contributed by atoms with Gasteiger partial charge in [-0.15, -0.1) is 0 Å². The number of nitrogens with two attached hydrogens (primary N) is 1. The number of benzene rings is 1. The number of ketones is 2. The molecule has 36 heavy (non-hydrogen) atoms. The van der Waals surface area contributed by atoms with Gasteiger partial charge in [0.15, 0.2) is 17.0 Å². The van der Waals surface area contributed by atoms with Crippen LogP contribution in [0.15, 0.2) is 33.1 Å². The van der Waals surface area contributed by atoms with E-state index in [1.165, 1.54) is 0 Å². The SMILES string of the molecule is CN(C)c1cc2[nH]c(=S)oc2c2c1C[C@H]1CC34CN(C)[C@@H]3C(O)=C(C(N)=O)C(=O)C4(O)C(O)=C1C2=O. The number of nitrogens with zero attached hydrogens (tertiary/aromatic N) is 2. The Hall–Kier alpha value is -3.48. The van der Waals surface area contributed by atoms with Crippen LogP contribution in [0, 0.1) is 16.2 Å². The molecule has 2 unspecified atom stereocenters. The molecule has 1 aromatic carbocycles. The summed E-state index contributed by atoms with van der Waals surface area (Å²) in [6.07, 6.45) is 0.430. The lowest BCUT2D eigenvalue weighted by Crippen LogP contribution is -2.80. The minimum atomic E-state index is -2.60. The molecule has 1 spiro atoms. The number of carbonyl (C=O) groups excluding carboxylic acids is 3. The summed E-state index contributed by atoms with van der Waals surface area (Å²) in [6, 6.07) is 0.908. The average Bonchev–Trinajstić information content (AvgIpc) is 3.14. The van der Waals surface area contributed by atoms with Gasteiger partial charge in [-0.25, -0.2) is 0 Å². The zero-order chi connectivity index (χ0) is 26.1. The number of fused-ring (bicyclic) bond motifs is 4. The highest BCUT2D eigenvalue weighted by Crippen LogP contribution is 2.63. The Morgan fingerprint density at radius 2 is 2.03 bits per heavy atom. The van der Waals surface area contributed by atoms with Gasteiger partial charge in [0.1, 0.15) is 17.1 Å². The fraction of sp³-hybridized carbons (Fsp3) is 0.417. The Labute approximate surface area is 209 Å². The van der Waals surface area contributed by atoms with Gasteiger partial charge in [-0.1, -0.05) is 0 Å². The molecule has 1 aliphatic heterocycles. The molecule has 1 amide bonds. The number of aliphatic hydroxyl groups excluding tert-OH is 2. The van der Waals surface area contributed by atoms with Gasteiger partial charge in [0.05, 0.1) is 22.5 Å². The summed E-state index contributed by atoms with van der Waals surface area (Å²) in [5, 5.41) is 34.3. The van der Waals surface area contributed by atoms with Gasteiger partial charge >= 0.3 is 0 Å². The zero-order valence-corrected chi connectivity index (χ0v) is 20.5. The summed E-state index contributed by atoms with van der Waals surface area (Å²) in [4.78, 5) is 46.1. The minimum Gasteiger partial charge on any atom is -0.510 e. The molecule has 11 nitrogen and oxygen atoms in total. The zero-order valence-electron chi connectivity index (χ0n) is 19.7. The van der Waals surface area contributed by atoms with Crippen LogP contribution < -0.4 is 10.6 Å². The number of anilines is 1. The fourth-order valence-corrected chi connectivity index (χ4v) is 7.21. The lowest BCUT2D eigenvalue weighted by atomic mass is 9.47. The van der Waals surface area contributed by atoms with E-state index in [0.29, 0.717) is 17.5 Å². The van der Waals surface area contributed by atoms with Gasteiger partial charge in [-0.05, 0) is 49.7 Å². The van der Waals surface area contributed by atoms with E-state index in [1.54, 1.807) is 11.9 Å². The van der Waals surface area contributed by atoms with Gasteiger partial charge < -0.3 is 35.4 Å². The number of aromatic nitrogens is 1. The topological polar surface area (TPSA) is 173 Å². The first kappa shape index (κ1) is 23.0. The number of H-pyrrole nitrogens is 1. The van der Waals surface area contributed by atoms with E-state index >= 15 is 0 Å². The lowest BCUT2D eigenvalue weighted by Gasteiger charge is -2.66. The van der Waals surface area contributed by atoms with E-state index in [9.17, 15) is 29.7 Å². The van der Waals surface area contributed by atoms with Crippen LogP contribution in [-0.4, -0.2) is 82.0 Å². The number of primary amides is 1. The van der Waals surface area contributed by atoms with Crippen LogP contribution in [0.2, 0.25) is 0 Å². The van der Waals surface area contributed by atoms with Crippen molar-refractivity contribution >= 4 is 46.5 Å². The van der Waals surface area contributed by atoms with E-state index in [4.69, 9.17) is 22.4 Å². The molecule has 0 saturated carbocycles. The van der Waals surface area contributed by atoms with Crippen molar-refractivity contribution in [2.75, 3.05) is 32.6 Å². The first-order chi connectivity index (χ1) is 16.8. The molecule has 6 rings (SSSR count). The molecule has 1 saturated heterocycles. The quantitative estimate of drug-likeness (QED) is 0.289. The number of likely N-dealkylation sites (tertiary alicyclic amines) is 1. The second-order valence-electron chi connectivity index (χ2n) is 10.4. The molecule has 0 radical (unpaired) electrons. The first-order valence-corrected chi connectivity index (χ1v) is 11.8. The number of nitrogens with one attached hydrogen (secondary N) is 1. The third kappa shape index (κ3) is 2.39. The second kappa shape index (κ2) is 6.84. The van der Waals surface area contributed by atoms with Crippen LogP contribution in [0.4, 0.5) is 5.69 Å². The van der Waals surface area contributed by atoms with Gasteiger partial charge in [-0.3, -0.25) is 19.3 Å². The van der Waals surface area contributed by atoms with Gasteiger partial charge in [0, 0.05) is 31.9 Å². The fourth-order valence-electron chi connectivity index (χ4n) is 7.02. The number of aromatic amines is 1. The van der Waals surface area contributed by atoms with Crippen LogP contribution >= 0.6 is 12.2 Å². The number of oxazole rings is 1. The van der Waals surface area contributed by atoms with Gasteiger partial charge in [0.25, 0.3) is 10.7 Å². The van der Waals surface area contributed by atoms with Gasteiger partial charge in [0.2, 0.25) is 5.78 Å². The number of Topliss-reactive ketones (excluding diaryl/α,β-unsaturated/α-hetero) is 2. The van der Waals surface area contributed by atoms with Gasteiger partial charge in [-0.2, -0.15) is 0 Å². The molecule has 6 N–H and O–H groups in total. The first-order valence-electron chi connectivity index (χ1n) is 11.4. The van der Waals surface area contributed by atoms with E-state index in [2.05, 4.69) is 4.98 Å². The Morgan fingerprint density at radius 1 is 1.33 bits per heavy atom. The molecule has 4 atom stereocenters. The van der Waals surface area contributed by atoms with E-state index < -0.39 is 57.5 Å². The largest absolute Gasteiger partial charge is 0.510 e. The number of rotatable bonds is 2. The minimum absolute atomic E-state index is 0.0759. The molecule has 2 aromatic rings. The third-order valence-corrected chi connectivity index (χ3v) is 8.53. The molecule has 2 heterocycles. The van der Waals surface area contributed by atoms with Crippen LogP contribution in [0.1, 0.15) is 22.3 Å². The van der Waals surface area contributed by atoms with Crippen molar-refractivity contribution in [3.05, 3.63) is 44.7 Å². The van der Waals surface area contributed by atoms with Crippen LogP contribution in [0.3, 0.4) is 0 Å². The van der Waals surface area contributed by atoms with Crippen molar-refractivity contribution in [3.8, 4) is 0 Å². The predicted octanol–water partition coefficient (Wildman–Crippen LogP) is 1.04. The highest BCUT2D eigenvalue weighted by atomic mass is 32.1. The predicted molar refractivity (Wildman–Crippen MR) is 129 cm³/mol. The monoisotopic (exact) mass is 512 g/mol. The molecule has 4 aliphatic rings. The summed E-state index contributed by atoms with van der Waals surface area (Å²) in [5.74, 6) is -4.90. The maximum Gasteiger partial charge on any atom is 0.266 e. The number of aliphatic hydroxyl groups is 3. The van der Waals surface area contributed by atoms with Crippen molar-refractivity contribution in [2.45, 2.75) is 24.5 Å². The van der Waals surface area contributed by atoms with Crippen LogP contribution in [0.25, 0.3) is 11.1 Å². The number of allylic oxidation sites excluding steroid dienone is 1. The Morgan fingerprint density at radius 3 is 2.64 bits per heavy atom. The second-order valence-corrected chi connectivity index (χ2v) is 10.7. The number of hydrogen-bond acceptors (Lipinski definition) is 10. The van der Waals surface area contributed by atoms with E-state index in [0.717, 1.165) is 5.69 Å². The standard InChI is InChI=1S/C24H24N4O7S/c1-27(2)11-5-10-17(35-22(36)26-10)13-9(11)4-8-6-23-7-28(3)18(23)16(30)14(21(25)33)20(32)24(23,34)19(31)12(8)15(13)29/h5,8,18,30-31,34H,4,6-7H2,1-3H3,(H2,25,33)(H,26,36)/t8-,18+,23?,24?/m0/s1. The summed E-state index contributed by atoms with van der Waals surface area (Å²) in [7, 11) is 5.35. The molecule has 12 heteroatoms. The maximum absolute atomic E-state index is 14.0. The molecule has 188 valence electrons. The number of carbonyl (C=O) groups is 3. The maximum atomic E-state index is 14.0. The van der Waals surface area contributed by atoms with Crippen LogP contribution in [0.5, 0.6) is 0 Å². The van der Waals surface area contributed by atoms with Crippen molar-refractivity contribution < 1.29 is 34.1 Å². The lowest BCUT2D eigenvalue weighted by molar-refractivity contribution is -0.208. The summed E-state index contributed by atoms with van der Waals surface area (Å²) in [6.45, 7) is 0.150. The van der Waals surface area contributed by atoms with E-state index in [-0.39, 0.29) is 34.5 Å². The van der Waals surface area contributed by atoms with Crippen molar-refractivity contribution in [3.63, 3.8) is 0 Å². The molecule has 3 aliphatic carbocycles. The smallest absolute Gasteiger partial charge is 0.266 e. The normalized spacial score (nSPS) is 31.6. The summed E-state index contributed by atoms with van der Waals surface area (Å²) < 4.78 is 5.64. The third-order valence-electron chi connectivity index (χ3n) is 8.35. The molecular formula is C24H24N4O7S. The number of hydrogen-bond donors (Lipinski definition) is 5. The Kier molecular flexibility index (Phi) is 4.36. The molecule has 1 fully saturated rings. The summed E-state index contributed by atoms with van der Waals surface area (Å²) in [5.41, 5.74) is 2.93.